The monoisotopic (exact) mass is 422 g/mol. The lowest BCUT2D eigenvalue weighted by molar-refractivity contribution is 0.0910. The summed E-state index contributed by atoms with van der Waals surface area (Å²) in [6.45, 7) is 6.14. The van der Waals surface area contributed by atoms with Gasteiger partial charge in [-0.05, 0) is 43.7 Å². The van der Waals surface area contributed by atoms with Gasteiger partial charge in [-0.3, -0.25) is 9.89 Å². The summed E-state index contributed by atoms with van der Waals surface area (Å²) in [5.41, 5.74) is 11.0. The molecule has 1 aromatic carbocycles. The van der Waals surface area contributed by atoms with Crippen molar-refractivity contribution >= 4 is 28.2 Å². The van der Waals surface area contributed by atoms with E-state index in [1.807, 2.05) is 23.7 Å². The number of aromatic nitrogens is 4. The van der Waals surface area contributed by atoms with E-state index in [1.165, 1.54) is 0 Å². The molecule has 1 fully saturated rings. The maximum Gasteiger partial charge on any atom is 0.167 e. The molecule has 2 heterocycles. The first-order chi connectivity index (χ1) is 14.7. The van der Waals surface area contributed by atoms with Crippen LogP contribution in [0, 0.1) is 12.3 Å². The molecule has 2 atom stereocenters. The smallest absolute Gasteiger partial charge is 0.167 e. The summed E-state index contributed by atoms with van der Waals surface area (Å²) in [7, 11) is 0. The standard InChI is InChI=1S/C23H30N6O2/c1-12-20-17(10-23(2,3)11-19(20)31)29(28-12)13-8-15(21-16(9-13)26-27-22(21)24)25-14-6-4-5-7-18(14)30/h8-9,14,18,25,30H,4-7,10-11H2,1-3H3,(H3,24,26,27). The number of rotatable bonds is 3. The summed E-state index contributed by atoms with van der Waals surface area (Å²) >= 11 is 0. The lowest BCUT2D eigenvalue weighted by Gasteiger charge is -2.30. The van der Waals surface area contributed by atoms with E-state index in [2.05, 4.69) is 29.4 Å². The van der Waals surface area contributed by atoms with Crippen LogP contribution in [-0.2, 0) is 6.42 Å². The zero-order valence-corrected chi connectivity index (χ0v) is 18.3. The largest absolute Gasteiger partial charge is 0.391 e. The van der Waals surface area contributed by atoms with E-state index in [0.717, 1.165) is 71.3 Å². The number of hydrogen-bond acceptors (Lipinski definition) is 6. The third-order valence-corrected chi connectivity index (χ3v) is 6.71. The Morgan fingerprint density at radius 1 is 1.26 bits per heavy atom. The summed E-state index contributed by atoms with van der Waals surface area (Å²) in [5, 5.41) is 26.8. The number of aromatic amines is 1. The van der Waals surface area contributed by atoms with Crippen molar-refractivity contribution in [3.63, 3.8) is 0 Å². The van der Waals surface area contributed by atoms with Gasteiger partial charge in [-0.15, -0.1) is 0 Å². The highest BCUT2D eigenvalue weighted by Gasteiger charge is 2.36. The highest BCUT2D eigenvalue weighted by atomic mass is 16.3. The minimum Gasteiger partial charge on any atom is -0.391 e. The molecule has 2 aliphatic rings. The second-order valence-electron chi connectivity index (χ2n) is 9.89. The number of H-pyrrole nitrogens is 1. The summed E-state index contributed by atoms with van der Waals surface area (Å²) < 4.78 is 1.89. The quantitative estimate of drug-likeness (QED) is 0.512. The van der Waals surface area contributed by atoms with Gasteiger partial charge in [0.05, 0.1) is 45.7 Å². The van der Waals surface area contributed by atoms with Crippen LogP contribution in [0.15, 0.2) is 12.1 Å². The van der Waals surface area contributed by atoms with Crippen LogP contribution in [0.2, 0.25) is 0 Å². The Labute approximate surface area is 181 Å². The summed E-state index contributed by atoms with van der Waals surface area (Å²) in [4.78, 5) is 12.8. The fourth-order valence-corrected chi connectivity index (χ4v) is 5.24. The number of aliphatic hydroxyl groups is 1. The number of benzene rings is 1. The molecule has 2 aliphatic carbocycles. The highest BCUT2D eigenvalue weighted by molar-refractivity contribution is 6.02. The lowest BCUT2D eigenvalue weighted by atomic mass is 9.75. The number of nitrogens with two attached hydrogens (primary N) is 1. The molecule has 3 aromatic rings. The van der Waals surface area contributed by atoms with E-state index in [1.54, 1.807) is 0 Å². The number of nitrogens with zero attached hydrogens (tertiary/aromatic N) is 3. The van der Waals surface area contributed by atoms with Gasteiger partial charge in [-0.1, -0.05) is 26.7 Å². The Morgan fingerprint density at radius 2 is 2.03 bits per heavy atom. The van der Waals surface area contributed by atoms with Crippen LogP contribution in [-0.4, -0.2) is 43.0 Å². The Morgan fingerprint density at radius 3 is 2.81 bits per heavy atom. The van der Waals surface area contributed by atoms with E-state index >= 15 is 0 Å². The zero-order chi connectivity index (χ0) is 21.9. The summed E-state index contributed by atoms with van der Waals surface area (Å²) in [6.07, 6.45) is 4.76. The second-order valence-corrected chi connectivity index (χ2v) is 9.89. The third kappa shape index (κ3) is 3.39. The first-order valence-electron chi connectivity index (χ1n) is 11.1. The average molecular weight is 423 g/mol. The van der Waals surface area contributed by atoms with Gasteiger partial charge in [0.25, 0.3) is 0 Å². The molecule has 8 nitrogen and oxygen atoms in total. The number of aryl methyl sites for hydroxylation is 1. The molecule has 31 heavy (non-hydrogen) atoms. The van der Waals surface area contributed by atoms with Gasteiger partial charge >= 0.3 is 0 Å². The van der Waals surface area contributed by atoms with Gasteiger partial charge < -0.3 is 16.2 Å². The molecule has 5 rings (SSSR count). The van der Waals surface area contributed by atoms with Crippen LogP contribution in [0.1, 0.15) is 67.7 Å². The number of nitrogen functional groups attached to an aromatic ring is 1. The van der Waals surface area contributed by atoms with E-state index in [9.17, 15) is 9.90 Å². The molecule has 1 saturated carbocycles. The maximum atomic E-state index is 12.8. The number of nitrogens with one attached hydrogen (secondary N) is 2. The van der Waals surface area contributed by atoms with Gasteiger partial charge in [0.1, 0.15) is 0 Å². The first-order valence-corrected chi connectivity index (χ1v) is 11.1. The number of carbonyl (C=O) groups is 1. The predicted octanol–water partition coefficient (Wildman–Crippen LogP) is 3.51. The van der Waals surface area contributed by atoms with Gasteiger partial charge in [0.2, 0.25) is 0 Å². The molecule has 0 aliphatic heterocycles. The molecule has 0 spiro atoms. The fourth-order valence-electron chi connectivity index (χ4n) is 5.24. The van der Waals surface area contributed by atoms with E-state index in [4.69, 9.17) is 10.8 Å². The van der Waals surface area contributed by atoms with Gasteiger partial charge in [0.15, 0.2) is 11.6 Å². The molecule has 5 N–H and O–H groups in total. The van der Waals surface area contributed by atoms with E-state index in [0.29, 0.717) is 12.2 Å². The van der Waals surface area contributed by atoms with Crippen molar-refractivity contribution in [3.05, 3.63) is 29.1 Å². The highest BCUT2D eigenvalue weighted by Crippen LogP contribution is 2.38. The number of fused-ring (bicyclic) bond motifs is 2. The number of anilines is 2. The Kier molecular flexibility index (Phi) is 4.58. The van der Waals surface area contributed by atoms with Crippen LogP contribution in [0.5, 0.6) is 0 Å². The van der Waals surface area contributed by atoms with Gasteiger partial charge in [-0.2, -0.15) is 10.2 Å². The zero-order valence-electron chi connectivity index (χ0n) is 18.3. The molecule has 0 bridgehead atoms. The fraction of sp³-hybridized carbons (Fsp3) is 0.522. The third-order valence-electron chi connectivity index (χ3n) is 6.71. The van der Waals surface area contributed by atoms with Crippen molar-refractivity contribution in [1.82, 2.24) is 20.0 Å². The minimum absolute atomic E-state index is 0.0321. The normalized spacial score (nSPS) is 23.2. The maximum absolute atomic E-state index is 12.8. The van der Waals surface area contributed by atoms with E-state index in [-0.39, 0.29) is 17.2 Å². The second kappa shape index (κ2) is 7.09. The molecule has 2 aromatic heterocycles. The van der Waals surface area contributed by atoms with Crippen LogP contribution in [0.25, 0.3) is 16.6 Å². The number of ketones is 1. The number of aliphatic hydroxyl groups excluding tert-OH is 1. The molecule has 164 valence electrons. The average Bonchev–Trinajstić information content (AvgIpc) is 3.23. The predicted molar refractivity (Wildman–Crippen MR) is 121 cm³/mol. The number of hydrogen-bond donors (Lipinski definition) is 4. The SMILES string of the molecule is Cc1nn(-c2cc(NC3CCCCC3O)c3c(N)n[nH]c3c2)c2c1C(=O)CC(C)(C)C2. The molecule has 0 saturated heterocycles. The van der Waals surface area contributed by atoms with Crippen LogP contribution >= 0.6 is 0 Å². The number of carbonyl (C=O) groups excluding carboxylic acids is 1. The van der Waals surface area contributed by atoms with Crippen molar-refractivity contribution in [2.75, 3.05) is 11.1 Å². The lowest BCUT2D eigenvalue weighted by Crippen LogP contribution is -2.36. The molecular weight excluding hydrogens is 392 g/mol. The topological polar surface area (TPSA) is 122 Å². The van der Waals surface area contributed by atoms with Gasteiger partial charge in [-0.25, -0.2) is 4.68 Å². The first kappa shape index (κ1) is 20.1. The van der Waals surface area contributed by atoms with Crippen molar-refractivity contribution < 1.29 is 9.90 Å². The Bertz CT molecular complexity index is 1170. The molecule has 0 amide bonds. The van der Waals surface area contributed by atoms with Crippen LogP contribution < -0.4 is 11.1 Å². The number of Topliss-reactive ketones (excluding diaryl/α,β-unsaturated/α-hetero) is 1. The van der Waals surface area contributed by atoms with Crippen LogP contribution in [0.3, 0.4) is 0 Å². The Hall–Kier alpha value is -2.87. The molecule has 2 unspecified atom stereocenters. The summed E-state index contributed by atoms with van der Waals surface area (Å²) in [6, 6.07) is 3.95. The molecular formula is C23H30N6O2. The molecule has 0 radical (unpaired) electrons. The van der Waals surface area contributed by atoms with E-state index < -0.39 is 6.10 Å². The van der Waals surface area contributed by atoms with Crippen molar-refractivity contribution in [2.24, 2.45) is 5.41 Å². The van der Waals surface area contributed by atoms with Crippen LogP contribution in [0.4, 0.5) is 11.5 Å². The van der Waals surface area contributed by atoms with Gasteiger partial charge in [0, 0.05) is 12.1 Å². The van der Waals surface area contributed by atoms with Crippen molar-refractivity contribution in [1.29, 1.82) is 0 Å². The van der Waals surface area contributed by atoms with Crippen molar-refractivity contribution in [2.45, 2.75) is 71.4 Å². The summed E-state index contributed by atoms with van der Waals surface area (Å²) in [5.74, 6) is 0.579. The Balaban J connectivity index is 1.64. The minimum atomic E-state index is -0.390. The van der Waals surface area contributed by atoms with Crippen molar-refractivity contribution in [3.8, 4) is 5.69 Å². The molecule has 8 heteroatoms.